The molecule has 0 amide bonds. The van der Waals surface area contributed by atoms with Gasteiger partial charge < -0.3 is 10.2 Å². The molecule has 0 aromatic carbocycles. The van der Waals surface area contributed by atoms with Gasteiger partial charge in [-0.2, -0.15) is 4.98 Å². The average Bonchev–Trinajstić information content (AvgIpc) is 2.82. The molecule has 4 nitrogen and oxygen atoms in total. The molecule has 0 saturated heterocycles. The van der Waals surface area contributed by atoms with Crippen molar-refractivity contribution in [3.05, 3.63) is 33.6 Å². The predicted molar refractivity (Wildman–Crippen MR) is 73.0 cm³/mol. The smallest absolute Gasteiger partial charge is 0.224 e. The lowest BCUT2D eigenvalue weighted by molar-refractivity contribution is 0.906. The number of nitrogens with one attached hydrogen (secondary N) is 1. The second-order valence-electron chi connectivity index (χ2n) is 3.55. The van der Waals surface area contributed by atoms with Crippen LogP contribution in [0.2, 0.25) is 5.02 Å². The van der Waals surface area contributed by atoms with Gasteiger partial charge in [-0.05, 0) is 11.4 Å². The van der Waals surface area contributed by atoms with Crippen LogP contribution >= 0.6 is 22.9 Å². The van der Waals surface area contributed by atoms with Crippen LogP contribution in [0.4, 0.5) is 11.8 Å². The Morgan fingerprint density at radius 3 is 3.00 bits per heavy atom. The molecule has 2 aromatic rings. The molecule has 0 aliphatic heterocycles. The van der Waals surface area contributed by atoms with Crippen LogP contribution in [0.1, 0.15) is 4.88 Å². The quantitative estimate of drug-likeness (QED) is 0.926. The van der Waals surface area contributed by atoms with Gasteiger partial charge in [0.2, 0.25) is 5.95 Å². The first-order chi connectivity index (χ1) is 8.20. The fourth-order valence-corrected chi connectivity index (χ4v) is 2.45. The minimum atomic E-state index is 0.558. The van der Waals surface area contributed by atoms with Gasteiger partial charge in [-0.15, -0.1) is 11.3 Å². The van der Waals surface area contributed by atoms with Gasteiger partial charge in [0.05, 0.1) is 12.7 Å². The van der Waals surface area contributed by atoms with Gasteiger partial charge in [0.15, 0.2) is 5.82 Å². The van der Waals surface area contributed by atoms with E-state index in [0.717, 1.165) is 12.4 Å². The number of rotatable bonds is 4. The van der Waals surface area contributed by atoms with Crippen LogP contribution in [0.5, 0.6) is 0 Å². The van der Waals surface area contributed by atoms with E-state index in [9.17, 15) is 0 Å². The molecule has 0 spiro atoms. The maximum Gasteiger partial charge on any atom is 0.224 e. The first kappa shape index (κ1) is 12.1. The molecule has 0 radical (unpaired) electrons. The van der Waals surface area contributed by atoms with E-state index in [1.807, 2.05) is 18.0 Å². The minimum Gasteiger partial charge on any atom is -0.357 e. The van der Waals surface area contributed by atoms with Crippen molar-refractivity contribution >= 4 is 34.7 Å². The van der Waals surface area contributed by atoms with Crippen LogP contribution in [0.25, 0.3) is 0 Å². The van der Waals surface area contributed by atoms with Gasteiger partial charge in [-0.25, -0.2) is 4.98 Å². The molecular weight excluding hydrogens is 256 g/mol. The molecule has 0 unspecified atom stereocenters. The Kier molecular flexibility index (Phi) is 3.81. The van der Waals surface area contributed by atoms with Gasteiger partial charge in [0.1, 0.15) is 5.02 Å². The lowest BCUT2D eigenvalue weighted by Gasteiger charge is -2.18. The number of hydrogen-bond donors (Lipinski definition) is 1. The van der Waals surface area contributed by atoms with Crippen molar-refractivity contribution in [2.45, 2.75) is 6.54 Å². The Labute approximate surface area is 109 Å². The van der Waals surface area contributed by atoms with Crippen molar-refractivity contribution in [1.29, 1.82) is 0 Å². The summed E-state index contributed by atoms with van der Waals surface area (Å²) < 4.78 is 0. The maximum atomic E-state index is 6.10. The van der Waals surface area contributed by atoms with E-state index in [-0.39, 0.29) is 0 Å². The second-order valence-corrected chi connectivity index (χ2v) is 4.99. The number of thiophene rings is 1. The summed E-state index contributed by atoms with van der Waals surface area (Å²) in [7, 11) is 3.75. The number of anilines is 2. The average molecular weight is 269 g/mol. The molecule has 17 heavy (non-hydrogen) atoms. The summed E-state index contributed by atoms with van der Waals surface area (Å²) in [6, 6.07) is 4.13. The highest BCUT2D eigenvalue weighted by Crippen LogP contribution is 2.24. The lowest BCUT2D eigenvalue weighted by atomic mass is 10.4. The summed E-state index contributed by atoms with van der Waals surface area (Å²) in [5, 5.41) is 5.52. The summed E-state index contributed by atoms with van der Waals surface area (Å²) in [6.45, 7) is 0.789. The van der Waals surface area contributed by atoms with Crippen molar-refractivity contribution in [3.63, 3.8) is 0 Å². The van der Waals surface area contributed by atoms with Crippen LogP contribution in [0, 0.1) is 0 Å². The van der Waals surface area contributed by atoms with Gasteiger partial charge >= 0.3 is 0 Å². The standard InChI is InChI=1S/C11H13ClN4S/c1-13-11-14-6-9(12)10(15-11)16(2)7-8-4-3-5-17-8/h3-6H,7H2,1-2H3,(H,13,14,15). The van der Waals surface area contributed by atoms with E-state index < -0.39 is 0 Å². The van der Waals surface area contributed by atoms with E-state index in [4.69, 9.17) is 11.6 Å². The van der Waals surface area contributed by atoms with E-state index in [1.54, 1.807) is 24.6 Å². The summed E-state index contributed by atoms with van der Waals surface area (Å²) in [5.74, 6) is 1.31. The normalized spacial score (nSPS) is 10.3. The lowest BCUT2D eigenvalue weighted by Crippen LogP contribution is -2.18. The van der Waals surface area contributed by atoms with Crippen LogP contribution in [-0.2, 0) is 6.54 Å². The molecule has 0 atom stereocenters. The Bertz CT molecular complexity index is 486. The fourth-order valence-electron chi connectivity index (χ4n) is 1.46. The predicted octanol–water partition coefficient (Wildman–Crippen LogP) is 2.87. The Balaban J connectivity index is 2.20. The third-order valence-corrected chi connectivity index (χ3v) is 3.41. The van der Waals surface area contributed by atoms with E-state index in [2.05, 4.69) is 26.7 Å². The topological polar surface area (TPSA) is 41.1 Å². The van der Waals surface area contributed by atoms with E-state index in [1.165, 1.54) is 4.88 Å². The maximum absolute atomic E-state index is 6.10. The minimum absolute atomic E-state index is 0.558. The summed E-state index contributed by atoms with van der Waals surface area (Å²) in [5.41, 5.74) is 0. The molecule has 0 saturated carbocycles. The summed E-state index contributed by atoms with van der Waals surface area (Å²) >= 11 is 7.82. The van der Waals surface area contributed by atoms with Gasteiger partial charge in [-0.1, -0.05) is 17.7 Å². The number of aromatic nitrogens is 2. The first-order valence-electron chi connectivity index (χ1n) is 5.14. The van der Waals surface area contributed by atoms with Crippen molar-refractivity contribution in [2.75, 3.05) is 24.3 Å². The third-order valence-electron chi connectivity index (χ3n) is 2.28. The van der Waals surface area contributed by atoms with Crippen LogP contribution in [0.15, 0.2) is 23.7 Å². The van der Waals surface area contributed by atoms with Crippen LogP contribution in [0.3, 0.4) is 0 Å². The van der Waals surface area contributed by atoms with Crippen molar-refractivity contribution < 1.29 is 0 Å². The Morgan fingerprint density at radius 2 is 2.35 bits per heavy atom. The fraction of sp³-hybridized carbons (Fsp3) is 0.273. The molecule has 2 heterocycles. The summed E-state index contributed by atoms with van der Waals surface area (Å²) in [6.07, 6.45) is 1.61. The SMILES string of the molecule is CNc1ncc(Cl)c(N(C)Cc2cccs2)n1. The molecule has 6 heteroatoms. The summed E-state index contributed by atoms with van der Waals surface area (Å²) in [4.78, 5) is 11.7. The largest absolute Gasteiger partial charge is 0.357 e. The highest BCUT2D eigenvalue weighted by atomic mass is 35.5. The van der Waals surface area contributed by atoms with Crippen molar-refractivity contribution in [1.82, 2.24) is 9.97 Å². The molecule has 0 aliphatic carbocycles. The molecule has 2 aromatic heterocycles. The van der Waals surface area contributed by atoms with Crippen LogP contribution in [-0.4, -0.2) is 24.1 Å². The number of nitrogens with zero attached hydrogens (tertiary/aromatic N) is 3. The Hall–Kier alpha value is -1.33. The highest BCUT2D eigenvalue weighted by Gasteiger charge is 2.10. The zero-order valence-electron chi connectivity index (χ0n) is 9.64. The molecule has 0 bridgehead atoms. The monoisotopic (exact) mass is 268 g/mol. The van der Waals surface area contributed by atoms with Crippen LogP contribution < -0.4 is 10.2 Å². The molecule has 0 aliphatic rings. The molecule has 2 rings (SSSR count). The highest BCUT2D eigenvalue weighted by molar-refractivity contribution is 7.09. The Morgan fingerprint density at radius 1 is 1.53 bits per heavy atom. The zero-order chi connectivity index (χ0) is 12.3. The molecule has 1 N–H and O–H groups in total. The number of halogens is 1. The third kappa shape index (κ3) is 2.87. The van der Waals surface area contributed by atoms with Crippen molar-refractivity contribution in [3.8, 4) is 0 Å². The van der Waals surface area contributed by atoms with E-state index in [0.29, 0.717) is 11.0 Å². The zero-order valence-corrected chi connectivity index (χ0v) is 11.2. The van der Waals surface area contributed by atoms with Gasteiger partial charge in [0.25, 0.3) is 0 Å². The molecule has 90 valence electrons. The number of hydrogen-bond acceptors (Lipinski definition) is 5. The molecule has 0 fully saturated rings. The second kappa shape index (κ2) is 5.33. The van der Waals surface area contributed by atoms with Crippen molar-refractivity contribution in [2.24, 2.45) is 0 Å². The van der Waals surface area contributed by atoms with Gasteiger partial charge in [-0.3, -0.25) is 0 Å². The van der Waals surface area contributed by atoms with E-state index >= 15 is 0 Å². The first-order valence-corrected chi connectivity index (χ1v) is 6.40. The molecular formula is C11H13ClN4S. The van der Waals surface area contributed by atoms with Gasteiger partial charge in [0, 0.05) is 19.0 Å².